The van der Waals surface area contributed by atoms with Gasteiger partial charge >= 0.3 is 17.9 Å². The Hall–Kier alpha value is -1.85. The molecular weight excluding hydrogens is 1010 g/mol. The van der Waals surface area contributed by atoms with Crippen LogP contribution < -0.4 is 0 Å². The summed E-state index contributed by atoms with van der Waals surface area (Å²) in [6.45, 7) is 6.73. The van der Waals surface area contributed by atoms with E-state index in [1.165, 1.54) is 340 Å². The first kappa shape index (κ1) is 80.2. The van der Waals surface area contributed by atoms with E-state index in [0.717, 1.165) is 57.8 Å². The third kappa shape index (κ3) is 68.9. The summed E-state index contributed by atoms with van der Waals surface area (Å²) in [5.41, 5.74) is 0. The Morgan fingerprint density at radius 1 is 0.232 bits per heavy atom. The van der Waals surface area contributed by atoms with E-state index in [1.807, 2.05) is 0 Å². The minimum atomic E-state index is -0.765. The Kier molecular flexibility index (Phi) is 70.0. The SMILES string of the molecule is CCCCCCCCCC/C=C\CCCCCCCCCCCCCCCCCCCCCC(=O)OCC(COC(=O)CCCCCCCCCCCCCC)OC(=O)CCCCCCCCCCCCCCCCCCCCCCC. The largest absolute Gasteiger partial charge is 0.462 e. The van der Waals surface area contributed by atoms with E-state index >= 15 is 0 Å². The van der Waals surface area contributed by atoms with Crippen LogP contribution in [-0.2, 0) is 28.6 Å². The zero-order valence-electron chi connectivity index (χ0n) is 56.1. The van der Waals surface area contributed by atoms with E-state index < -0.39 is 6.10 Å². The van der Waals surface area contributed by atoms with Gasteiger partial charge in [0.15, 0.2) is 6.10 Å². The molecule has 0 bridgehead atoms. The highest BCUT2D eigenvalue weighted by molar-refractivity contribution is 5.71. The lowest BCUT2D eigenvalue weighted by Gasteiger charge is -2.18. The fraction of sp³-hybridized carbons (Fsp3) is 0.934. The number of allylic oxidation sites excluding steroid dienone is 2. The van der Waals surface area contributed by atoms with Crippen LogP contribution >= 0.6 is 0 Å². The molecule has 0 amide bonds. The maximum Gasteiger partial charge on any atom is 0.306 e. The number of unbranched alkanes of at least 4 members (excludes halogenated alkanes) is 58. The number of rotatable bonds is 71. The van der Waals surface area contributed by atoms with Gasteiger partial charge in [-0.1, -0.05) is 386 Å². The number of carbonyl (C=O) groups is 3. The lowest BCUT2D eigenvalue weighted by molar-refractivity contribution is -0.167. The maximum atomic E-state index is 13.0. The molecule has 0 radical (unpaired) electrons. The van der Waals surface area contributed by atoms with Gasteiger partial charge in [0.05, 0.1) is 0 Å². The van der Waals surface area contributed by atoms with E-state index in [4.69, 9.17) is 14.2 Å². The molecule has 0 aromatic carbocycles. The first-order chi connectivity index (χ1) is 40.5. The molecular formula is C76H146O6. The smallest absolute Gasteiger partial charge is 0.306 e. The second-order valence-electron chi connectivity index (χ2n) is 25.9. The molecule has 0 saturated heterocycles. The molecule has 1 unspecified atom stereocenters. The third-order valence-corrected chi connectivity index (χ3v) is 17.5. The van der Waals surface area contributed by atoms with Crippen LogP contribution in [0.15, 0.2) is 12.2 Å². The standard InChI is InChI=1S/C76H146O6/c1-4-7-10-13-16-19-22-25-27-29-31-33-34-35-36-37-38-39-40-41-42-44-45-47-49-51-54-57-60-63-66-69-75(78)81-72-73(71-80-74(77)68-65-62-59-56-53-24-21-18-15-12-9-6-3)82-76(79)70-67-64-61-58-55-52-50-48-46-43-32-30-28-26-23-20-17-14-11-8-5-2/h29,31,73H,4-28,30,32-72H2,1-3H3/b31-29-. The fourth-order valence-electron chi connectivity index (χ4n) is 11.9. The molecule has 0 aromatic heterocycles. The van der Waals surface area contributed by atoms with Crippen molar-refractivity contribution in [1.82, 2.24) is 0 Å². The van der Waals surface area contributed by atoms with E-state index in [2.05, 4.69) is 32.9 Å². The Balaban J connectivity index is 4.11. The van der Waals surface area contributed by atoms with Crippen molar-refractivity contribution in [2.45, 2.75) is 444 Å². The van der Waals surface area contributed by atoms with Gasteiger partial charge in [-0.2, -0.15) is 0 Å². The van der Waals surface area contributed by atoms with Gasteiger partial charge in [-0.25, -0.2) is 0 Å². The van der Waals surface area contributed by atoms with Crippen molar-refractivity contribution in [2.24, 2.45) is 0 Å². The number of carbonyl (C=O) groups excluding carboxylic acids is 3. The van der Waals surface area contributed by atoms with Crippen molar-refractivity contribution in [3.05, 3.63) is 12.2 Å². The summed E-state index contributed by atoms with van der Waals surface area (Å²) in [6.07, 6.45) is 87.0. The molecule has 6 nitrogen and oxygen atoms in total. The zero-order chi connectivity index (χ0) is 59.2. The van der Waals surface area contributed by atoms with Crippen LogP contribution in [0.4, 0.5) is 0 Å². The zero-order valence-corrected chi connectivity index (χ0v) is 56.1. The van der Waals surface area contributed by atoms with Crippen LogP contribution in [0.1, 0.15) is 438 Å². The second kappa shape index (κ2) is 71.6. The number of esters is 3. The highest BCUT2D eigenvalue weighted by atomic mass is 16.6. The molecule has 0 saturated carbocycles. The van der Waals surface area contributed by atoms with Gasteiger partial charge in [-0.15, -0.1) is 0 Å². The van der Waals surface area contributed by atoms with Gasteiger partial charge in [0.1, 0.15) is 13.2 Å². The summed E-state index contributed by atoms with van der Waals surface area (Å²) >= 11 is 0. The lowest BCUT2D eigenvalue weighted by atomic mass is 10.0. The summed E-state index contributed by atoms with van der Waals surface area (Å²) < 4.78 is 17.0. The van der Waals surface area contributed by atoms with Gasteiger partial charge in [0, 0.05) is 19.3 Å². The second-order valence-corrected chi connectivity index (χ2v) is 25.9. The van der Waals surface area contributed by atoms with Crippen LogP contribution in [0.2, 0.25) is 0 Å². The first-order valence-corrected chi connectivity index (χ1v) is 37.7. The third-order valence-electron chi connectivity index (χ3n) is 17.5. The molecule has 0 N–H and O–H groups in total. The van der Waals surface area contributed by atoms with Crippen molar-refractivity contribution >= 4 is 17.9 Å². The molecule has 0 heterocycles. The molecule has 6 heteroatoms. The quantitative estimate of drug-likeness (QED) is 0.0261. The molecule has 0 rings (SSSR count). The van der Waals surface area contributed by atoms with E-state index in [9.17, 15) is 14.4 Å². The van der Waals surface area contributed by atoms with Crippen LogP contribution in [0, 0.1) is 0 Å². The van der Waals surface area contributed by atoms with Gasteiger partial charge in [-0.3, -0.25) is 14.4 Å². The molecule has 0 aliphatic carbocycles. The van der Waals surface area contributed by atoms with Crippen LogP contribution in [0.5, 0.6) is 0 Å². The molecule has 486 valence electrons. The average molecular weight is 1160 g/mol. The molecule has 0 fully saturated rings. The Morgan fingerprint density at radius 2 is 0.402 bits per heavy atom. The molecule has 0 aromatic rings. The normalized spacial score (nSPS) is 12.0. The van der Waals surface area contributed by atoms with Gasteiger partial charge in [0.25, 0.3) is 0 Å². The van der Waals surface area contributed by atoms with Crippen LogP contribution in [-0.4, -0.2) is 37.2 Å². The Labute approximate surface area is 513 Å². The van der Waals surface area contributed by atoms with Crippen molar-refractivity contribution in [1.29, 1.82) is 0 Å². The highest BCUT2D eigenvalue weighted by Gasteiger charge is 2.20. The van der Waals surface area contributed by atoms with Gasteiger partial charge in [-0.05, 0) is 44.9 Å². The molecule has 0 aliphatic heterocycles. The number of hydrogen-bond acceptors (Lipinski definition) is 6. The summed E-state index contributed by atoms with van der Waals surface area (Å²) in [4.78, 5) is 38.4. The van der Waals surface area contributed by atoms with Gasteiger partial charge in [0.2, 0.25) is 0 Å². The fourth-order valence-corrected chi connectivity index (χ4v) is 11.9. The van der Waals surface area contributed by atoms with Crippen LogP contribution in [0.25, 0.3) is 0 Å². The van der Waals surface area contributed by atoms with Gasteiger partial charge < -0.3 is 14.2 Å². The van der Waals surface area contributed by atoms with E-state index in [0.29, 0.717) is 19.3 Å². The monoisotopic (exact) mass is 1160 g/mol. The molecule has 82 heavy (non-hydrogen) atoms. The van der Waals surface area contributed by atoms with Crippen molar-refractivity contribution in [3.8, 4) is 0 Å². The Bertz CT molecular complexity index is 1280. The topological polar surface area (TPSA) is 78.9 Å². The van der Waals surface area contributed by atoms with Crippen molar-refractivity contribution < 1.29 is 28.6 Å². The molecule has 0 spiro atoms. The number of ether oxygens (including phenoxy) is 3. The van der Waals surface area contributed by atoms with E-state index in [1.54, 1.807) is 0 Å². The van der Waals surface area contributed by atoms with Crippen LogP contribution in [0.3, 0.4) is 0 Å². The van der Waals surface area contributed by atoms with E-state index in [-0.39, 0.29) is 31.1 Å². The maximum absolute atomic E-state index is 13.0. The first-order valence-electron chi connectivity index (χ1n) is 37.7. The summed E-state index contributed by atoms with van der Waals surface area (Å²) in [5, 5.41) is 0. The Morgan fingerprint density at radius 3 is 0.610 bits per heavy atom. The summed E-state index contributed by atoms with van der Waals surface area (Å²) in [5.74, 6) is -0.823. The highest BCUT2D eigenvalue weighted by Crippen LogP contribution is 2.20. The number of hydrogen-bond donors (Lipinski definition) is 0. The van der Waals surface area contributed by atoms with Crippen molar-refractivity contribution in [2.75, 3.05) is 13.2 Å². The molecule has 0 aliphatic rings. The predicted octanol–water partition coefficient (Wildman–Crippen LogP) is 26.0. The predicted molar refractivity (Wildman–Crippen MR) is 358 cm³/mol. The average Bonchev–Trinajstić information content (AvgIpc) is 3.47. The summed E-state index contributed by atoms with van der Waals surface area (Å²) in [7, 11) is 0. The minimum Gasteiger partial charge on any atom is -0.462 e. The molecule has 1 atom stereocenters. The van der Waals surface area contributed by atoms with Crippen molar-refractivity contribution in [3.63, 3.8) is 0 Å². The lowest BCUT2D eigenvalue weighted by Crippen LogP contribution is -2.30. The minimum absolute atomic E-state index is 0.0617. The summed E-state index contributed by atoms with van der Waals surface area (Å²) in [6, 6.07) is 0.